The van der Waals surface area contributed by atoms with Gasteiger partial charge < -0.3 is 28.4 Å². The molecular weight excluding hydrogens is 925 g/mol. The summed E-state index contributed by atoms with van der Waals surface area (Å²) in [7, 11) is 10.5. The van der Waals surface area contributed by atoms with Crippen LogP contribution in [0.25, 0.3) is 0 Å². The fraction of sp³-hybridized carbons (Fsp3) is 1.00. The molecule has 0 spiro atoms. The van der Waals surface area contributed by atoms with Crippen molar-refractivity contribution in [3.8, 4) is 0 Å². The monoisotopic (exact) mass is 1060 g/mol. The molecule has 6 nitrogen and oxygen atoms in total. The van der Waals surface area contributed by atoms with Gasteiger partial charge in [-0.05, 0) is 293 Å². The van der Waals surface area contributed by atoms with E-state index in [2.05, 4.69) is 90.0 Å². The van der Waals surface area contributed by atoms with Crippen molar-refractivity contribution in [2.45, 2.75) is 333 Å². The van der Waals surface area contributed by atoms with Gasteiger partial charge in [-0.1, -0.05) is 74.7 Å². The highest BCUT2D eigenvalue weighted by atomic mass is 16.5. The van der Waals surface area contributed by atoms with Gasteiger partial charge >= 0.3 is 0 Å². The van der Waals surface area contributed by atoms with Crippen molar-refractivity contribution in [2.75, 3.05) is 42.7 Å². The fourth-order valence-electron chi connectivity index (χ4n) is 14.7. The Morgan fingerprint density at radius 3 is 1.04 bits per heavy atom. The fourth-order valence-corrected chi connectivity index (χ4v) is 14.7. The minimum atomic E-state index is 0.0417. The van der Waals surface area contributed by atoms with E-state index in [1.165, 1.54) is 70.6 Å². The largest absolute Gasteiger partial charge is 0.382 e. The lowest BCUT2D eigenvalue weighted by atomic mass is 9.50. The summed E-state index contributed by atoms with van der Waals surface area (Å²) in [5, 5.41) is 0. The van der Waals surface area contributed by atoms with Crippen LogP contribution in [-0.4, -0.2) is 77.3 Å². The van der Waals surface area contributed by atoms with E-state index in [-0.39, 0.29) is 22.4 Å². The van der Waals surface area contributed by atoms with Gasteiger partial charge in [0.2, 0.25) is 0 Å². The van der Waals surface area contributed by atoms with Crippen LogP contribution in [0.1, 0.15) is 298 Å². The summed E-state index contributed by atoms with van der Waals surface area (Å²) < 4.78 is 30.5. The lowest BCUT2D eigenvalue weighted by Gasteiger charge is -2.55. The van der Waals surface area contributed by atoms with Crippen LogP contribution in [0.4, 0.5) is 0 Å². The second-order valence-corrected chi connectivity index (χ2v) is 29.3. The maximum Gasteiger partial charge on any atom is 0.0671 e. The van der Waals surface area contributed by atoms with Gasteiger partial charge in [-0.3, -0.25) is 0 Å². The third-order valence-corrected chi connectivity index (χ3v) is 21.5. The molecule has 450 valence electrons. The van der Waals surface area contributed by atoms with E-state index in [4.69, 9.17) is 28.4 Å². The number of hydrogen-bond donors (Lipinski definition) is 0. The average Bonchev–Trinajstić information content (AvgIpc) is 3.39. The van der Waals surface area contributed by atoms with Gasteiger partial charge in [-0.2, -0.15) is 0 Å². The first-order valence-electron chi connectivity index (χ1n) is 32.3. The topological polar surface area (TPSA) is 55.4 Å². The standard InChI is InChI=1S/2C11H18.C10H20O.C9H16.C8H18O.C6H14O.2C5H12O.C4H10O/c1-11-5-8-2-9(6-11)4-10(3-8)7-11;1-7-10-3-8-2-9(5-10)6-11(7)4-8;1-10(2,11-3)9-7-5-4-6-8-9;1-9-5-2-8(3-6-9)4-7-9;1-5-8(6-2,7-3)9-4;1-5-6(2,3)7-4;1-5(2,3)6-4;1-4-5(2)6-3;1-4(2)5-3/h8-10H,2-7H2,1H3;7-11H,2-6H2,1H3;9H,4-8H2,1-3H3;8H,2-7H2,1H3;5-7H2,1-4H3;5H2,1-4H3;1-4H3;5H,4H2,1-3H3;4H,1-3H3. The molecule has 12 fully saturated rings. The molecule has 0 aromatic heterocycles. The van der Waals surface area contributed by atoms with Gasteiger partial charge in [-0.15, -0.1) is 0 Å². The molecule has 10 bridgehead atoms. The van der Waals surface area contributed by atoms with Gasteiger partial charge in [0, 0.05) is 42.7 Å². The van der Waals surface area contributed by atoms with Gasteiger partial charge in [0.05, 0.1) is 34.6 Å². The van der Waals surface area contributed by atoms with Crippen molar-refractivity contribution in [2.24, 2.45) is 70.0 Å². The first-order valence-corrected chi connectivity index (χ1v) is 32.3. The van der Waals surface area contributed by atoms with Gasteiger partial charge in [0.25, 0.3) is 0 Å². The zero-order valence-electron chi connectivity index (χ0n) is 55.5. The van der Waals surface area contributed by atoms with Crippen LogP contribution in [0.15, 0.2) is 0 Å². The first-order chi connectivity index (χ1) is 35.0. The highest BCUT2D eigenvalue weighted by Gasteiger charge is 2.48. The van der Waals surface area contributed by atoms with Crippen LogP contribution < -0.4 is 0 Å². The predicted molar refractivity (Wildman–Crippen MR) is 327 cm³/mol. The lowest BCUT2D eigenvalue weighted by Crippen LogP contribution is -2.44. The molecule has 0 aliphatic heterocycles. The van der Waals surface area contributed by atoms with Crippen LogP contribution in [0.5, 0.6) is 0 Å². The number of hydrogen-bond acceptors (Lipinski definition) is 6. The predicted octanol–water partition coefficient (Wildman–Crippen LogP) is 20.6. The SMILES string of the molecule is CC12CC3CC(CC(C3)C1)C2.CC12CCC(CC1)CC2.CC1C2CC3CC(C2)CC1C3.CCC(C)(C)OC.CCC(C)OC.CCC(CC)(CC)OC.COC(C)(C)C.COC(C)(C)C1CCCCC1.COC(C)C. The maximum absolute atomic E-state index is 5.48. The molecule has 1 atom stereocenters. The molecule has 0 aromatic carbocycles. The van der Waals surface area contributed by atoms with E-state index in [1.807, 2.05) is 41.7 Å². The Labute approximate surface area is 471 Å². The molecule has 12 saturated carbocycles. The van der Waals surface area contributed by atoms with E-state index in [9.17, 15) is 0 Å². The summed E-state index contributed by atoms with van der Waals surface area (Å²) in [5.74, 6) is 11.1. The maximum atomic E-state index is 5.48. The van der Waals surface area contributed by atoms with Crippen molar-refractivity contribution in [3.05, 3.63) is 0 Å². The van der Waals surface area contributed by atoms with E-state index >= 15 is 0 Å². The number of methoxy groups -OCH3 is 6. The average molecular weight is 1060 g/mol. The van der Waals surface area contributed by atoms with E-state index in [0.29, 0.717) is 12.2 Å². The summed E-state index contributed by atoms with van der Waals surface area (Å²) >= 11 is 0. The molecule has 0 amide bonds. The van der Waals surface area contributed by atoms with Crippen LogP contribution >= 0.6 is 0 Å². The summed E-state index contributed by atoms with van der Waals surface area (Å²) in [6.45, 7) is 39.0. The van der Waals surface area contributed by atoms with Crippen molar-refractivity contribution in [3.63, 3.8) is 0 Å². The van der Waals surface area contributed by atoms with Crippen LogP contribution in [-0.2, 0) is 28.4 Å². The Morgan fingerprint density at radius 2 is 0.840 bits per heavy atom. The third-order valence-electron chi connectivity index (χ3n) is 21.5. The second-order valence-electron chi connectivity index (χ2n) is 29.3. The highest BCUT2D eigenvalue weighted by molar-refractivity contribution is 4.99. The minimum Gasteiger partial charge on any atom is -0.382 e. The Kier molecular flexibility index (Phi) is 34.5. The van der Waals surface area contributed by atoms with E-state index in [1.54, 1.807) is 106 Å². The van der Waals surface area contributed by atoms with Crippen LogP contribution in [0.2, 0.25) is 0 Å². The summed E-state index contributed by atoms with van der Waals surface area (Å²) in [4.78, 5) is 0. The molecule has 0 radical (unpaired) electrons. The zero-order valence-corrected chi connectivity index (χ0v) is 55.5. The summed E-state index contributed by atoms with van der Waals surface area (Å²) in [6.07, 6.45) is 39.9. The molecule has 0 heterocycles. The van der Waals surface area contributed by atoms with Crippen molar-refractivity contribution in [1.29, 1.82) is 0 Å². The minimum absolute atomic E-state index is 0.0417. The lowest BCUT2D eigenvalue weighted by molar-refractivity contribution is -0.0411. The van der Waals surface area contributed by atoms with Gasteiger partial charge in [-0.25, -0.2) is 0 Å². The van der Waals surface area contributed by atoms with Gasteiger partial charge in [0.1, 0.15) is 0 Å². The molecule has 0 aromatic rings. The Hall–Kier alpha value is -0.240. The molecule has 12 aliphatic carbocycles. The molecule has 0 saturated heterocycles. The zero-order chi connectivity index (χ0) is 57.3. The smallest absolute Gasteiger partial charge is 0.0671 e. The summed E-state index contributed by atoms with van der Waals surface area (Å²) in [5.41, 5.74) is 1.99. The summed E-state index contributed by atoms with van der Waals surface area (Å²) in [6, 6.07) is 0. The first kappa shape index (κ1) is 72.8. The highest BCUT2D eigenvalue weighted by Crippen LogP contribution is 2.60. The quantitative estimate of drug-likeness (QED) is 0.206. The molecule has 1 unspecified atom stereocenters. The molecule has 12 aliphatic rings. The van der Waals surface area contributed by atoms with Crippen molar-refractivity contribution >= 4 is 0 Å². The van der Waals surface area contributed by atoms with Gasteiger partial charge in [0.15, 0.2) is 0 Å². The number of fused-ring (bicyclic) bond motifs is 3. The molecule has 0 N–H and O–H groups in total. The Bertz CT molecular complexity index is 1290. The third kappa shape index (κ3) is 27.9. The molecule has 75 heavy (non-hydrogen) atoms. The normalized spacial score (nSPS) is 32.2. The Balaban J connectivity index is 0.000000428. The van der Waals surface area contributed by atoms with Crippen LogP contribution in [0, 0.1) is 70.0 Å². The van der Waals surface area contributed by atoms with Crippen LogP contribution in [0.3, 0.4) is 0 Å². The molecule has 6 heteroatoms. The van der Waals surface area contributed by atoms with E-state index in [0.717, 1.165) is 102 Å². The van der Waals surface area contributed by atoms with E-state index < -0.39 is 0 Å². The molecular formula is C69H138O6. The van der Waals surface area contributed by atoms with Crippen molar-refractivity contribution < 1.29 is 28.4 Å². The Morgan fingerprint density at radius 1 is 0.453 bits per heavy atom. The molecule has 12 rings (SSSR count). The second kappa shape index (κ2) is 35.6. The van der Waals surface area contributed by atoms with Crippen molar-refractivity contribution in [1.82, 2.24) is 0 Å². The number of ether oxygens (including phenoxy) is 6. The number of rotatable bonds is 11.